The van der Waals surface area contributed by atoms with Crippen LogP contribution in [0.25, 0.3) is 0 Å². The van der Waals surface area contributed by atoms with Gasteiger partial charge < -0.3 is 14.2 Å². The minimum absolute atomic E-state index is 0.0207. The summed E-state index contributed by atoms with van der Waals surface area (Å²) in [5.74, 6) is -1.47. The van der Waals surface area contributed by atoms with Crippen molar-refractivity contribution < 1.29 is 32.2 Å². The third-order valence-corrected chi connectivity index (χ3v) is 7.82. The average Bonchev–Trinajstić information content (AvgIpc) is 3.56. The Kier molecular flexibility index (Phi) is 8.20. The number of benzene rings is 1. The van der Waals surface area contributed by atoms with Crippen LogP contribution < -0.4 is 9.47 Å². The third-order valence-electron chi connectivity index (χ3n) is 6.32. The SMILES string of the molecule is Cc1nn(C)cc1C(=O)Oc1c(C(=O)c2ccc(S(C)(=O)=O)c(OCC3CCCO3)c2Cl)c(C)nn1C(C)C. The molecule has 11 nitrogen and oxygen atoms in total. The molecule has 0 spiro atoms. The lowest BCUT2D eigenvalue weighted by molar-refractivity contribution is 0.0669. The molecule has 0 aliphatic carbocycles. The maximum absolute atomic E-state index is 13.9. The van der Waals surface area contributed by atoms with Gasteiger partial charge in [0.05, 0.1) is 28.6 Å². The molecule has 4 rings (SSSR count). The van der Waals surface area contributed by atoms with Gasteiger partial charge >= 0.3 is 5.97 Å². The Morgan fingerprint density at radius 3 is 2.46 bits per heavy atom. The highest BCUT2D eigenvalue weighted by Crippen LogP contribution is 2.38. The molecule has 2 aromatic heterocycles. The normalized spacial score (nSPS) is 15.6. The van der Waals surface area contributed by atoms with E-state index in [-0.39, 0.29) is 57.0 Å². The highest BCUT2D eigenvalue weighted by Gasteiger charge is 2.32. The average molecular weight is 579 g/mol. The molecule has 210 valence electrons. The Labute approximate surface area is 231 Å². The third kappa shape index (κ3) is 5.87. The van der Waals surface area contributed by atoms with Gasteiger partial charge in [-0.2, -0.15) is 10.2 Å². The van der Waals surface area contributed by atoms with E-state index < -0.39 is 21.6 Å². The molecule has 13 heteroatoms. The number of sulfone groups is 1. The van der Waals surface area contributed by atoms with Gasteiger partial charge in [0.25, 0.3) is 0 Å². The van der Waals surface area contributed by atoms with E-state index in [1.807, 2.05) is 13.8 Å². The molecule has 1 aliphatic rings. The van der Waals surface area contributed by atoms with E-state index in [0.717, 1.165) is 19.1 Å². The number of carbonyl (C=O) groups is 2. The summed E-state index contributed by atoms with van der Waals surface area (Å²) in [7, 11) is -2.05. The fraction of sp³-hybridized carbons (Fsp3) is 0.462. The second kappa shape index (κ2) is 11.1. The Hall–Kier alpha value is -3.22. The summed E-state index contributed by atoms with van der Waals surface area (Å²) in [6.07, 6.45) is 4.00. The van der Waals surface area contributed by atoms with Crippen LogP contribution in [0, 0.1) is 13.8 Å². The lowest BCUT2D eigenvalue weighted by Crippen LogP contribution is -2.18. The van der Waals surface area contributed by atoms with Crippen LogP contribution >= 0.6 is 11.6 Å². The maximum atomic E-state index is 13.9. The van der Waals surface area contributed by atoms with Gasteiger partial charge in [-0.1, -0.05) is 11.6 Å². The number of nitrogens with zero attached hydrogens (tertiary/aromatic N) is 4. The Bertz CT molecular complexity index is 1540. The van der Waals surface area contributed by atoms with Crippen molar-refractivity contribution in [3.63, 3.8) is 0 Å². The van der Waals surface area contributed by atoms with Crippen molar-refractivity contribution in [2.24, 2.45) is 7.05 Å². The van der Waals surface area contributed by atoms with E-state index >= 15 is 0 Å². The molecular weight excluding hydrogens is 548 g/mol. The fourth-order valence-corrected chi connectivity index (χ4v) is 5.58. The van der Waals surface area contributed by atoms with Crippen LogP contribution in [0.15, 0.2) is 23.2 Å². The van der Waals surface area contributed by atoms with Crippen molar-refractivity contribution in [2.45, 2.75) is 57.6 Å². The molecule has 39 heavy (non-hydrogen) atoms. The van der Waals surface area contributed by atoms with Crippen LogP contribution in [0.4, 0.5) is 0 Å². The van der Waals surface area contributed by atoms with E-state index in [4.69, 9.17) is 25.8 Å². The first-order valence-corrected chi connectivity index (χ1v) is 14.7. The van der Waals surface area contributed by atoms with Gasteiger partial charge in [-0.25, -0.2) is 17.9 Å². The summed E-state index contributed by atoms with van der Waals surface area (Å²) in [4.78, 5) is 26.9. The second-order valence-electron chi connectivity index (χ2n) is 9.80. The van der Waals surface area contributed by atoms with Gasteiger partial charge in [0.2, 0.25) is 11.7 Å². The summed E-state index contributed by atoms with van der Waals surface area (Å²) >= 11 is 6.65. The zero-order valence-corrected chi connectivity index (χ0v) is 24.2. The topological polar surface area (TPSA) is 132 Å². The zero-order chi connectivity index (χ0) is 28.6. The predicted octanol–water partition coefficient (Wildman–Crippen LogP) is 3.88. The number of aryl methyl sites for hydroxylation is 3. The predicted molar refractivity (Wildman–Crippen MR) is 143 cm³/mol. The highest BCUT2D eigenvalue weighted by molar-refractivity contribution is 7.90. The summed E-state index contributed by atoms with van der Waals surface area (Å²) < 4.78 is 45.1. The number of rotatable bonds is 9. The number of ketones is 1. The molecular formula is C26H31ClN4O7S. The summed E-state index contributed by atoms with van der Waals surface area (Å²) in [6, 6.07) is 2.35. The van der Waals surface area contributed by atoms with Crippen LogP contribution in [-0.2, 0) is 21.6 Å². The van der Waals surface area contributed by atoms with Gasteiger partial charge in [0.1, 0.15) is 22.6 Å². The van der Waals surface area contributed by atoms with Gasteiger partial charge in [0, 0.05) is 31.7 Å². The molecule has 3 aromatic rings. The van der Waals surface area contributed by atoms with Crippen LogP contribution in [-0.4, -0.2) is 65.3 Å². The summed E-state index contributed by atoms with van der Waals surface area (Å²) in [6.45, 7) is 7.63. The quantitative estimate of drug-likeness (QED) is 0.274. The van der Waals surface area contributed by atoms with Gasteiger partial charge in [-0.3, -0.25) is 9.48 Å². The molecule has 1 aliphatic heterocycles. The molecule has 1 saturated heterocycles. The lowest BCUT2D eigenvalue weighted by atomic mass is 10.0. The van der Waals surface area contributed by atoms with E-state index in [1.165, 1.54) is 27.7 Å². The highest BCUT2D eigenvalue weighted by atomic mass is 35.5. The summed E-state index contributed by atoms with van der Waals surface area (Å²) in [5.41, 5.74) is 1.02. The molecule has 1 fully saturated rings. The van der Waals surface area contributed by atoms with Gasteiger partial charge in [-0.15, -0.1) is 0 Å². The minimum Gasteiger partial charge on any atom is -0.488 e. The fourth-order valence-electron chi connectivity index (χ4n) is 4.41. The minimum atomic E-state index is -3.74. The number of carbonyl (C=O) groups excluding carboxylic acids is 2. The number of ether oxygens (including phenoxy) is 3. The number of hydrogen-bond donors (Lipinski definition) is 0. The molecule has 0 bridgehead atoms. The summed E-state index contributed by atoms with van der Waals surface area (Å²) in [5, 5.41) is 8.45. The number of halogens is 1. The van der Waals surface area contributed by atoms with Gasteiger partial charge in [-0.05, 0) is 52.7 Å². The molecule has 3 heterocycles. The number of hydrogen-bond acceptors (Lipinski definition) is 9. The number of esters is 1. The number of aromatic nitrogens is 4. The van der Waals surface area contributed by atoms with Crippen LogP contribution in [0.5, 0.6) is 11.6 Å². The monoisotopic (exact) mass is 578 g/mol. The molecule has 0 amide bonds. The Morgan fingerprint density at radius 1 is 1.18 bits per heavy atom. The smallest absolute Gasteiger partial charge is 0.348 e. The largest absolute Gasteiger partial charge is 0.488 e. The van der Waals surface area contributed by atoms with Crippen molar-refractivity contribution >= 4 is 33.2 Å². The van der Waals surface area contributed by atoms with Crippen molar-refractivity contribution in [1.29, 1.82) is 0 Å². The first kappa shape index (κ1) is 28.8. The molecule has 1 unspecified atom stereocenters. The molecule has 0 N–H and O–H groups in total. The van der Waals surface area contributed by atoms with Crippen molar-refractivity contribution in [3.05, 3.63) is 51.4 Å². The first-order chi connectivity index (χ1) is 18.3. The van der Waals surface area contributed by atoms with E-state index in [1.54, 1.807) is 20.9 Å². The molecule has 1 aromatic carbocycles. The van der Waals surface area contributed by atoms with Crippen LogP contribution in [0.3, 0.4) is 0 Å². The maximum Gasteiger partial charge on any atom is 0.348 e. The van der Waals surface area contributed by atoms with E-state index in [9.17, 15) is 18.0 Å². The van der Waals surface area contributed by atoms with Crippen LogP contribution in [0.2, 0.25) is 5.02 Å². The molecule has 1 atom stereocenters. The Morgan fingerprint density at radius 2 is 1.90 bits per heavy atom. The van der Waals surface area contributed by atoms with Crippen molar-refractivity contribution in [2.75, 3.05) is 19.5 Å². The molecule has 0 radical (unpaired) electrons. The van der Waals surface area contributed by atoms with E-state index in [2.05, 4.69) is 10.2 Å². The first-order valence-electron chi connectivity index (χ1n) is 12.4. The van der Waals surface area contributed by atoms with Crippen LogP contribution in [0.1, 0.15) is 70.4 Å². The Balaban J connectivity index is 1.78. The standard InChI is InChI=1S/C26H31ClN4O7S/c1-14(2)31-25(38-26(33)19-12-30(5)28-15(19)3)21(16(4)29-31)23(32)18-9-10-20(39(6,34)35)24(22(18)27)37-13-17-8-7-11-36-17/h9-10,12,14,17H,7-8,11,13H2,1-6H3. The molecule has 0 saturated carbocycles. The van der Waals surface area contributed by atoms with Crippen molar-refractivity contribution in [3.8, 4) is 11.6 Å². The van der Waals surface area contributed by atoms with E-state index in [0.29, 0.717) is 18.0 Å². The van der Waals surface area contributed by atoms with Crippen molar-refractivity contribution in [1.82, 2.24) is 19.6 Å². The lowest BCUT2D eigenvalue weighted by Gasteiger charge is -2.17. The second-order valence-corrected chi connectivity index (χ2v) is 12.2. The zero-order valence-electron chi connectivity index (χ0n) is 22.6. The van der Waals surface area contributed by atoms with Gasteiger partial charge in [0.15, 0.2) is 15.6 Å².